The van der Waals surface area contributed by atoms with Crippen LogP contribution in [0, 0.1) is 5.82 Å². The van der Waals surface area contributed by atoms with Crippen molar-refractivity contribution in [1.82, 2.24) is 10.2 Å². The molecule has 0 radical (unpaired) electrons. The summed E-state index contributed by atoms with van der Waals surface area (Å²) in [6.45, 7) is 0.668. The second-order valence-electron chi connectivity index (χ2n) is 6.22. The van der Waals surface area contributed by atoms with E-state index < -0.39 is 0 Å². The van der Waals surface area contributed by atoms with Crippen molar-refractivity contribution in [1.29, 1.82) is 0 Å². The van der Waals surface area contributed by atoms with Gasteiger partial charge >= 0.3 is 0 Å². The highest BCUT2D eigenvalue weighted by Gasteiger charge is 2.16. The summed E-state index contributed by atoms with van der Waals surface area (Å²) in [5, 5.41) is 2.99. The maximum Gasteiger partial charge on any atom is 0.220 e. The first-order valence-electron chi connectivity index (χ1n) is 8.23. The average Bonchev–Trinajstić information content (AvgIpc) is 2.60. The number of ketones is 1. The van der Waals surface area contributed by atoms with Crippen molar-refractivity contribution in [3.63, 3.8) is 0 Å². The lowest BCUT2D eigenvalue weighted by molar-refractivity contribution is -0.121. The molecule has 0 spiro atoms. The Morgan fingerprint density at radius 1 is 1.00 bits per heavy atom. The molecule has 0 saturated heterocycles. The van der Waals surface area contributed by atoms with Crippen LogP contribution >= 0.6 is 0 Å². The van der Waals surface area contributed by atoms with E-state index in [0.29, 0.717) is 12.1 Å². The summed E-state index contributed by atoms with van der Waals surface area (Å²) in [7, 11) is 3.89. The van der Waals surface area contributed by atoms with Gasteiger partial charge in [-0.25, -0.2) is 4.39 Å². The van der Waals surface area contributed by atoms with E-state index in [1.54, 1.807) is 0 Å². The molecule has 0 aliphatic heterocycles. The number of likely N-dealkylation sites (N-methyl/N-ethyl adjacent to an activating group) is 1. The van der Waals surface area contributed by atoms with Gasteiger partial charge in [0.15, 0.2) is 5.78 Å². The van der Waals surface area contributed by atoms with Gasteiger partial charge in [0.25, 0.3) is 0 Å². The van der Waals surface area contributed by atoms with Crippen molar-refractivity contribution in [2.75, 3.05) is 20.6 Å². The third-order valence-electron chi connectivity index (χ3n) is 3.83. The number of halogens is 1. The standard InChI is InChI=1S/C20H23FN2O2/c1-23(2)14-18(15-6-4-3-5-7-15)22-20(25)13-12-19(24)16-8-10-17(21)11-9-16/h3-11,18H,12-14H2,1-2H3,(H,22,25)/t18-/m0/s1. The summed E-state index contributed by atoms with van der Waals surface area (Å²) in [6, 6.07) is 15.0. The highest BCUT2D eigenvalue weighted by Crippen LogP contribution is 2.14. The highest BCUT2D eigenvalue weighted by atomic mass is 19.1. The van der Waals surface area contributed by atoms with Gasteiger partial charge in [-0.05, 0) is 43.9 Å². The second kappa shape index (κ2) is 9.08. The molecule has 0 fully saturated rings. The SMILES string of the molecule is CN(C)C[C@H](NC(=O)CCC(=O)c1ccc(F)cc1)c1ccccc1. The lowest BCUT2D eigenvalue weighted by Gasteiger charge is -2.23. The molecular weight excluding hydrogens is 319 g/mol. The van der Waals surface area contributed by atoms with Gasteiger partial charge < -0.3 is 10.2 Å². The maximum atomic E-state index is 12.9. The van der Waals surface area contributed by atoms with Gasteiger partial charge in [-0.15, -0.1) is 0 Å². The predicted molar refractivity (Wildman–Crippen MR) is 95.8 cm³/mol. The number of nitrogens with zero attached hydrogens (tertiary/aromatic N) is 1. The molecule has 1 atom stereocenters. The van der Waals surface area contributed by atoms with Gasteiger partial charge in [0.1, 0.15) is 5.82 Å². The van der Waals surface area contributed by atoms with Gasteiger partial charge in [-0.2, -0.15) is 0 Å². The van der Waals surface area contributed by atoms with Gasteiger partial charge in [0.05, 0.1) is 6.04 Å². The zero-order chi connectivity index (χ0) is 18.2. The molecule has 0 aromatic heterocycles. The highest BCUT2D eigenvalue weighted by molar-refractivity contribution is 5.97. The largest absolute Gasteiger partial charge is 0.348 e. The first kappa shape index (κ1) is 18.8. The van der Waals surface area contributed by atoms with E-state index in [0.717, 1.165) is 5.56 Å². The number of nitrogens with one attached hydrogen (secondary N) is 1. The molecule has 4 nitrogen and oxygen atoms in total. The zero-order valence-corrected chi connectivity index (χ0v) is 14.5. The van der Waals surface area contributed by atoms with Crippen LogP contribution in [0.4, 0.5) is 4.39 Å². The number of hydrogen-bond donors (Lipinski definition) is 1. The zero-order valence-electron chi connectivity index (χ0n) is 14.5. The Labute approximate surface area is 147 Å². The van der Waals surface area contributed by atoms with Crippen LogP contribution < -0.4 is 5.32 Å². The third kappa shape index (κ3) is 6.12. The Hall–Kier alpha value is -2.53. The van der Waals surface area contributed by atoms with Crippen LogP contribution in [-0.2, 0) is 4.79 Å². The Morgan fingerprint density at radius 2 is 1.64 bits per heavy atom. The third-order valence-corrected chi connectivity index (χ3v) is 3.83. The lowest BCUT2D eigenvalue weighted by atomic mass is 10.0. The first-order valence-corrected chi connectivity index (χ1v) is 8.23. The minimum absolute atomic E-state index is 0.0982. The summed E-state index contributed by atoms with van der Waals surface area (Å²) >= 11 is 0. The molecule has 25 heavy (non-hydrogen) atoms. The Morgan fingerprint density at radius 3 is 2.24 bits per heavy atom. The Kier molecular flexibility index (Phi) is 6.83. The van der Waals surface area contributed by atoms with Crippen LogP contribution in [-0.4, -0.2) is 37.2 Å². The fourth-order valence-electron chi connectivity index (χ4n) is 2.56. The van der Waals surface area contributed by atoms with Crippen LogP contribution in [0.15, 0.2) is 54.6 Å². The van der Waals surface area contributed by atoms with Gasteiger partial charge in [-0.1, -0.05) is 30.3 Å². The van der Waals surface area contributed by atoms with Gasteiger partial charge in [-0.3, -0.25) is 9.59 Å². The number of benzene rings is 2. The molecule has 0 aliphatic rings. The Balaban J connectivity index is 1.92. The van der Waals surface area contributed by atoms with Crippen LogP contribution in [0.1, 0.15) is 34.8 Å². The summed E-state index contributed by atoms with van der Waals surface area (Å²) < 4.78 is 12.9. The first-order chi connectivity index (χ1) is 12.0. The minimum atomic E-state index is -0.385. The summed E-state index contributed by atoms with van der Waals surface area (Å²) in [4.78, 5) is 26.3. The molecule has 0 bridgehead atoms. The molecule has 132 valence electrons. The molecular formula is C20H23FN2O2. The summed E-state index contributed by atoms with van der Waals surface area (Å²) in [5.41, 5.74) is 1.44. The van der Waals surface area contributed by atoms with Crippen molar-refractivity contribution >= 4 is 11.7 Å². The van der Waals surface area contributed by atoms with Crippen LogP contribution in [0.5, 0.6) is 0 Å². The van der Waals surface area contributed by atoms with Crippen molar-refractivity contribution < 1.29 is 14.0 Å². The number of rotatable bonds is 8. The lowest BCUT2D eigenvalue weighted by Crippen LogP contribution is -2.35. The van der Waals surface area contributed by atoms with Crippen molar-refractivity contribution in [2.45, 2.75) is 18.9 Å². The molecule has 2 aromatic carbocycles. The van der Waals surface area contributed by atoms with Crippen LogP contribution in [0.2, 0.25) is 0 Å². The number of carbonyl (C=O) groups excluding carboxylic acids is 2. The maximum absolute atomic E-state index is 12.9. The van der Waals surface area contributed by atoms with Crippen molar-refractivity contribution in [3.05, 3.63) is 71.5 Å². The fraction of sp³-hybridized carbons (Fsp3) is 0.300. The summed E-state index contributed by atoms with van der Waals surface area (Å²) in [6.07, 6.45) is 0.202. The molecule has 1 amide bonds. The molecule has 2 rings (SSSR count). The van der Waals surface area contributed by atoms with E-state index in [1.165, 1.54) is 24.3 Å². The van der Waals surface area contributed by atoms with Crippen LogP contribution in [0.25, 0.3) is 0 Å². The Bertz CT molecular complexity index is 699. The number of Topliss-reactive ketones (excluding diaryl/α,β-unsaturated/α-hetero) is 1. The van der Waals surface area contributed by atoms with Crippen molar-refractivity contribution in [2.24, 2.45) is 0 Å². The summed E-state index contributed by atoms with van der Waals surface area (Å²) in [5.74, 6) is -0.728. The van der Waals surface area contributed by atoms with Crippen LogP contribution in [0.3, 0.4) is 0 Å². The van der Waals surface area contributed by atoms with E-state index >= 15 is 0 Å². The van der Waals surface area contributed by atoms with E-state index in [-0.39, 0.29) is 36.4 Å². The quantitative estimate of drug-likeness (QED) is 0.750. The smallest absolute Gasteiger partial charge is 0.220 e. The molecule has 2 aromatic rings. The monoisotopic (exact) mass is 342 g/mol. The molecule has 5 heteroatoms. The van der Waals surface area contributed by atoms with E-state index in [1.807, 2.05) is 49.3 Å². The number of hydrogen-bond acceptors (Lipinski definition) is 3. The molecule has 0 unspecified atom stereocenters. The normalized spacial score (nSPS) is 12.0. The van der Waals surface area contributed by atoms with E-state index in [4.69, 9.17) is 0 Å². The van der Waals surface area contributed by atoms with E-state index in [2.05, 4.69) is 5.32 Å². The molecule has 1 N–H and O–H groups in total. The molecule has 0 saturated carbocycles. The van der Waals surface area contributed by atoms with Gasteiger partial charge in [0, 0.05) is 24.9 Å². The minimum Gasteiger partial charge on any atom is -0.348 e. The predicted octanol–water partition coefficient (Wildman–Crippen LogP) is 3.21. The van der Waals surface area contributed by atoms with Gasteiger partial charge in [0.2, 0.25) is 5.91 Å². The number of amides is 1. The average molecular weight is 342 g/mol. The number of carbonyl (C=O) groups is 2. The van der Waals surface area contributed by atoms with E-state index in [9.17, 15) is 14.0 Å². The molecule has 0 heterocycles. The molecule has 0 aliphatic carbocycles. The van der Waals surface area contributed by atoms with Crippen molar-refractivity contribution in [3.8, 4) is 0 Å². The fourth-order valence-corrected chi connectivity index (χ4v) is 2.56. The second-order valence-corrected chi connectivity index (χ2v) is 6.22. The topological polar surface area (TPSA) is 49.4 Å².